The van der Waals surface area contributed by atoms with Gasteiger partial charge in [-0.25, -0.2) is 5.43 Å². The third kappa shape index (κ3) is 4.09. The highest BCUT2D eigenvalue weighted by Crippen LogP contribution is 2.15. The molecule has 0 saturated carbocycles. The van der Waals surface area contributed by atoms with Crippen LogP contribution < -0.4 is 10.2 Å². The van der Waals surface area contributed by atoms with Gasteiger partial charge in [0.05, 0.1) is 22.9 Å². The maximum Gasteiger partial charge on any atom is 0.272 e. The third-order valence-corrected chi connectivity index (χ3v) is 3.36. The number of ether oxygens (including phenoxy) is 1. The monoisotopic (exact) mass is 316 g/mol. The fraction of sp³-hybridized carbons (Fsp3) is 0.176. The average Bonchev–Trinajstić information content (AvgIpc) is 2.54. The number of halogens is 1. The first kappa shape index (κ1) is 16.0. The fourth-order valence-corrected chi connectivity index (χ4v) is 2.09. The first-order chi connectivity index (χ1) is 10.6. The molecule has 0 heterocycles. The molecule has 5 heteroatoms. The van der Waals surface area contributed by atoms with Gasteiger partial charge in [-0.2, -0.15) is 5.10 Å². The van der Waals surface area contributed by atoms with Crippen molar-refractivity contribution in [2.45, 2.75) is 13.8 Å². The minimum Gasteiger partial charge on any atom is -0.494 e. The smallest absolute Gasteiger partial charge is 0.272 e. The van der Waals surface area contributed by atoms with Crippen molar-refractivity contribution >= 4 is 23.2 Å². The Bertz CT molecular complexity index is 681. The molecule has 0 saturated heterocycles. The van der Waals surface area contributed by atoms with Gasteiger partial charge in [0.25, 0.3) is 5.91 Å². The number of hydrogen-bond acceptors (Lipinski definition) is 3. The summed E-state index contributed by atoms with van der Waals surface area (Å²) in [5.41, 5.74) is 4.51. The van der Waals surface area contributed by atoms with Crippen molar-refractivity contribution < 1.29 is 9.53 Å². The lowest BCUT2D eigenvalue weighted by molar-refractivity contribution is 0.0955. The van der Waals surface area contributed by atoms with Gasteiger partial charge in [0.2, 0.25) is 0 Å². The standard InChI is InChI=1S/C17H17ClN2O2/c1-3-22-14-10-8-13(9-11-14)12(2)19-20-17(21)15-6-4-5-7-16(15)18/h4-11H,3H2,1-2H3,(H,20,21)/b19-12+. The first-order valence-corrected chi connectivity index (χ1v) is 7.32. The summed E-state index contributed by atoms with van der Waals surface area (Å²) in [6, 6.07) is 14.4. The van der Waals surface area contributed by atoms with Gasteiger partial charge in [-0.15, -0.1) is 0 Å². The zero-order valence-corrected chi connectivity index (χ0v) is 13.2. The summed E-state index contributed by atoms with van der Waals surface area (Å²) in [6.45, 7) is 4.38. The number of nitrogens with zero attached hydrogens (tertiary/aromatic N) is 1. The molecule has 0 atom stereocenters. The largest absolute Gasteiger partial charge is 0.494 e. The van der Waals surface area contributed by atoms with Gasteiger partial charge >= 0.3 is 0 Å². The van der Waals surface area contributed by atoms with Crippen LogP contribution in [0.15, 0.2) is 53.6 Å². The van der Waals surface area contributed by atoms with Crippen LogP contribution >= 0.6 is 11.6 Å². The van der Waals surface area contributed by atoms with E-state index in [9.17, 15) is 4.79 Å². The van der Waals surface area contributed by atoms with Crippen LogP contribution in [-0.2, 0) is 0 Å². The summed E-state index contributed by atoms with van der Waals surface area (Å²) in [5, 5.41) is 4.50. The van der Waals surface area contributed by atoms with E-state index in [4.69, 9.17) is 16.3 Å². The second kappa shape index (κ2) is 7.61. The van der Waals surface area contributed by atoms with E-state index in [-0.39, 0.29) is 5.91 Å². The molecule has 0 aliphatic heterocycles. The number of hydrogen-bond donors (Lipinski definition) is 1. The van der Waals surface area contributed by atoms with Gasteiger partial charge < -0.3 is 4.74 Å². The molecule has 1 amide bonds. The highest BCUT2D eigenvalue weighted by Gasteiger charge is 2.08. The Balaban J connectivity index is 2.06. The number of hydrazone groups is 1. The number of carbonyl (C=O) groups excluding carboxylic acids is 1. The average molecular weight is 317 g/mol. The molecule has 0 spiro atoms. The normalized spacial score (nSPS) is 11.1. The number of carbonyl (C=O) groups is 1. The Hall–Kier alpha value is -2.33. The maximum absolute atomic E-state index is 12.0. The van der Waals surface area contributed by atoms with Crippen LogP contribution in [0.3, 0.4) is 0 Å². The summed E-state index contributed by atoms with van der Waals surface area (Å²) in [7, 11) is 0. The lowest BCUT2D eigenvalue weighted by Crippen LogP contribution is -2.19. The molecule has 1 N–H and O–H groups in total. The Labute approximate surface area is 134 Å². The highest BCUT2D eigenvalue weighted by molar-refractivity contribution is 6.33. The quantitative estimate of drug-likeness (QED) is 0.672. The molecular weight excluding hydrogens is 300 g/mol. The predicted molar refractivity (Wildman–Crippen MR) is 88.7 cm³/mol. The molecule has 0 unspecified atom stereocenters. The van der Waals surface area contributed by atoms with Crippen molar-refractivity contribution in [3.63, 3.8) is 0 Å². The lowest BCUT2D eigenvalue weighted by atomic mass is 10.1. The van der Waals surface area contributed by atoms with Crippen LogP contribution in [-0.4, -0.2) is 18.2 Å². The molecule has 114 valence electrons. The van der Waals surface area contributed by atoms with Gasteiger partial charge in [-0.3, -0.25) is 4.79 Å². The van der Waals surface area contributed by atoms with Crippen molar-refractivity contribution in [3.8, 4) is 5.75 Å². The van der Waals surface area contributed by atoms with Crippen molar-refractivity contribution in [1.29, 1.82) is 0 Å². The number of nitrogens with one attached hydrogen (secondary N) is 1. The van der Waals surface area contributed by atoms with Crippen LogP contribution in [0.2, 0.25) is 5.02 Å². The van der Waals surface area contributed by atoms with Crippen molar-refractivity contribution in [3.05, 3.63) is 64.7 Å². The minimum absolute atomic E-state index is 0.337. The molecule has 0 aliphatic rings. The SMILES string of the molecule is CCOc1ccc(/C(C)=N/NC(=O)c2ccccc2Cl)cc1. The zero-order chi connectivity index (χ0) is 15.9. The van der Waals surface area contributed by atoms with Crippen LogP contribution in [0.1, 0.15) is 29.8 Å². The number of rotatable bonds is 5. The molecule has 22 heavy (non-hydrogen) atoms. The second-order valence-corrected chi connectivity index (χ2v) is 4.98. The predicted octanol–water partition coefficient (Wildman–Crippen LogP) is 3.89. The second-order valence-electron chi connectivity index (χ2n) is 4.58. The Kier molecular flexibility index (Phi) is 5.55. The van der Waals surface area contributed by atoms with Crippen LogP contribution in [0, 0.1) is 0 Å². The van der Waals surface area contributed by atoms with E-state index in [1.807, 2.05) is 38.1 Å². The summed E-state index contributed by atoms with van der Waals surface area (Å²) in [6.07, 6.45) is 0. The number of benzene rings is 2. The van der Waals surface area contributed by atoms with E-state index >= 15 is 0 Å². The van der Waals surface area contributed by atoms with Crippen LogP contribution in [0.5, 0.6) is 5.75 Å². The highest BCUT2D eigenvalue weighted by atomic mass is 35.5. The van der Waals surface area contributed by atoms with E-state index in [1.54, 1.807) is 24.3 Å². The molecule has 2 rings (SSSR count). The summed E-state index contributed by atoms with van der Waals surface area (Å²) in [4.78, 5) is 12.0. The van der Waals surface area contributed by atoms with E-state index in [0.717, 1.165) is 11.3 Å². The van der Waals surface area contributed by atoms with Gasteiger partial charge in [0, 0.05) is 0 Å². The van der Waals surface area contributed by atoms with Crippen molar-refractivity contribution in [1.82, 2.24) is 5.43 Å². The van der Waals surface area contributed by atoms with E-state index in [1.165, 1.54) is 0 Å². The molecule has 0 bridgehead atoms. The van der Waals surface area contributed by atoms with Crippen LogP contribution in [0.25, 0.3) is 0 Å². The van der Waals surface area contributed by atoms with E-state index in [2.05, 4.69) is 10.5 Å². The van der Waals surface area contributed by atoms with E-state index in [0.29, 0.717) is 22.9 Å². The van der Waals surface area contributed by atoms with Gasteiger partial charge in [-0.1, -0.05) is 23.7 Å². The van der Waals surface area contributed by atoms with Gasteiger partial charge in [0.15, 0.2) is 0 Å². The Morgan fingerprint density at radius 3 is 2.50 bits per heavy atom. The minimum atomic E-state index is -0.337. The summed E-state index contributed by atoms with van der Waals surface area (Å²) >= 11 is 5.98. The van der Waals surface area contributed by atoms with Crippen molar-refractivity contribution in [2.75, 3.05) is 6.61 Å². The molecule has 4 nitrogen and oxygen atoms in total. The van der Waals surface area contributed by atoms with Crippen LogP contribution in [0.4, 0.5) is 0 Å². The van der Waals surface area contributed by atoms with E-state index < -0.39 is 0 Å². The topological polar surface area (TPSA) is 50.7 Å². The first-order valence-electron chi connectivity index (χ1n) is 6.94. The van der Waals surface area contributed by atoms with Gasteiger partial charge in [0.1, 0.15) is 5.75 Å². The molecule has 0 aromatic heterocycles. The fourth-order valence-electron chi connectivity index (χ4n) is 1.86. The third-order valence-electron chi connectivity index (χ3n) is 3.03. The summed E-state index contributed by atoms with van der Waals surface area (Å²) in [5.74, 6) is 0.468. The molecule has 0 aliphatic carbocycles. The number of amides is 1. The van der Waals surface area contributed by atoms with Gasteiger partial charge in [-0.05, 0) is 55.8 Å². The molecule has 2 aromatic carbocycles. The maximum atomic E-state index is 12.0. The Morgan fingerprint density at radius 2 is 1.86 bits per heavy atom. The molecule has 0 fully saturated rings. The zero-order valence-electron chi connectivity index (χ0n) is 12.5. The Morgan fingerprint density at radius 1 is 1.18 bits per heavy atom. The molecule has 2 aromatic rings. The van der Waals surface area contributed by atoms with Crippen molar-refractivity contribution in [2.24, 2.45) is 5.10 Å². The lowest BCUT2D eigenvalue weighted by Gasteiger charge is -2.06. The summed E-state index contributed by atoms with van der Waals surface area (Å²) < 4.78 is 5.39. The molecule has 0 radical (unpaired) electrons. The molecular formula is C17H17ClN2O2.